The molecule has 0 bridgehead atoms. The van der Waals surface area contributed by atoms with E-state index in [0.29, 0.717) is 42.0 Å². The number of carbonyl (C=O) groups is 1. The number of aliphatic hydroxyl groups is 1. The minimum atomic E-state index is -0.239. The molecule has 1 saturated carbocycles. The second-order valence-electron chi connectivity index (χ2n) is 6.15. The number of likely N-dealkylation sites (tertiary alicyclic amines) is 1. The fraction of sp³-hybridized carbons (Fsp3) is 0.625. The topological polar surface area (TPSA) is 71.9 Å². The molecule has 1 N–H and O–H groups in total. The molecule has 7 heteroatoms. The summed E-state index contributed by atoms with van der Waals surface area (Å²) in [6.45, 7) is 0.988. The zero-order valence-corrected chi connectivity index (χ0v) is 13.8. The number of aromatic nitrogens is 1. The fourth-order valence-corrected chi connectivity index (χ4v) is 2.98. The third-order valence-corrected chi connectivity index (χ3v) is 4.66. The van der Waals surface area contributed by atoms with Crippen molar-refractivity contribution in [2.24, 2.45) is 5.92 Å². The van der Waals surface area contributed by atoms with Crippen LogP contribution in [0, 0.1) is 5.92 Å². The molecule has 6 nitrogen and oxygen atoms in total. The summed E-state index contributed by atoms with van der Waals surface area (Å²) in [6, 6.07) is 1.34. The predicted octanol–water partition coefficient (Wildman–Crippen LogP) is 1.75. The highest BCUT2D eigenvalue weighted by Crippen LogP contribution is 2.31. The number of ether oxygens (including phenoxy) is 2. The van der Waals surface area contributed by atoms with Gasteiger partial charge in [-0.1, -0.05) is 11.6 Å². The molecule has 0 radical (unpaired) electrons. The summed E-state index contributed by atoms with van der Waals surface area (Å²) < 4.78 is 10.9. The van der Waals surface area contributed by atoms with Gasteiger partial charge in [0, 0.05) is 19.9 Å². The Balaban J connectivity index is 1.70. The van der Waals surface area contributed by atoms with Crippen molar-refractivity contribution in [2.45, 2.75) is 31.4 Å². The number of rotatable bonds is 6. The van der Waals surface area contributed by atoms with Gasteiger partial charge < -0.3 is 19.5 Å². The Morgan fingerprint density at radius 3 is 2.91 bits per heavy atom. The van der Waals surface area contributed by atoms with E-state index in [1.54, 1.807) is 18.1 Å². The first kappa shape index (κ1) is 16.5. The molecule has 1 saturated heterocycles. The number of carbonyl (C=O) groups excluding carboxylic acids is 1. The standard InChI is InChI=1S/C16H21ClN2O4/c1-22-13-5-12(8-20)19(7-13)16(21)11-4-14(17)15(18-6-11)23-9-10-2-3-10/h4,6,10,12-13,20H,2-3,5,7-9H2,1H3/t12-,13-/m0/s1. The Labute approximate surface area is 140 Å². The van der Waals surface area contributed by atoms with Gasteiger partial charge >= 0.3 is 0 Å². The van der Waals surface area contributed by atoms with Crippen LogP contribution < -0.4 is 4.74 Å². The van der Waals surface area contributed by atoms with E-state index in [1.807, 2.05) is 0 Å². The lowest BCUT2D eigenvalue weighted by Gasteiger charge is -2.22. The van der Waals surface area contributed by atoms with Crippen molar-refractivity contribution in [1.29, 1.82) is 0 Å². The second kappa shape index (κ2) is 7.03. The normalized spacial score (nSPS) is 24.0. The van der Waals surface area contributed by atoms with Crippen LogP contribution >= 0.6 is 11.6 Å². The maximum absolute atomic E-state index is 12.6. The van der Waals surface area contributed by atoms with Gasteiger partial charge in [-0.25, -0.2) is 4.98 Å². The third kappa shape index (κ3) is 3.76. The summed E-state index contributed by atoms with van der Waals surface area (Å²) in [5.74, 6) is 0.770. The molecular formula is C16H21ClN2O4. The highest BCUT2D eigenvalue weighted by atomic mass is 35.5. The molecule has 1 aromatic rings. The van der Waals surface area contributed by atoms with Gasteiger partial charge in [0.05, 0.1) is 30.9 Å². The Morgan fingerprint density at radius 2 is 2.30 bits per heavy atom. The van der Waals surface area contributed by atoms with Crippen LogP contribution in [0.1, 0.15) is 29.6 Å². The van der Waals surface area contributed by atoms with Crippen LogP contribution in [0.3, 0.4) is 0 Å². The van der Waals surface area contributed by atoms with Gasteiger partial charge in [0.25, 0.3) is 5.91 Å². The molecule has 2 heterocycles. The third-order valence-electron chi connectivity index (χ3n) is 4.39. The van der Waals surface area contributed by atoms with Crippen molar-refractivity contribution >= 4 is 17.5 Å². The number of hydrogen-bond acceptors (Lipinski definition) is 5. The Hall–Kier alpha value is -1.37. The summed E-state index contributed by atoms with van der Waals surface area (Å²) in [6.07, 6.45) is 4.42. The molecule has 2 fully saturated rings. The van der Waals surface area contributed by atoms with Gasteiger partial charge in [0.2, 0.25) is 5.88 Å². The van der Waals surface area contributed by atoms with E-state index in [4.69, 9.17) is 21.1 Å². The quantitative estimate of drug-likeness (QED) is 0.854. The smallest absolute Gasteiger partial charge is 0.255 e. The van der Waals surface area contributed by atoms with Crippen molar-refractivity contribution in [3.05, 3.63) is 22.8 Å². The Kier molecular flexibility index (Phi) is 5.04. The zero-order chi connectivity index (χ0) is 16.4. The summed E-state index contributed by atoms with van der Waals surface area (Å²) in [7, 11) is 1.61. The van der Waals surface area contributed by atoms with E-state index in [1.165, 1.54) is 19.0 Å². The van der Waals surface area contributed by atoms with Crippen molar-refractivity contribution < 1.29 is 19.4 Å². The average molecular weight is 341 g/mol. The Bertz CT molecular complexity index is 579. The monoisotopic (exact) mass is 340 g/mol. The lowest BCUT2D eigenvalue weighted by molar-refractivity contribution is 0.0647. The largest absolute Gasteiger partial charge is 0.476 e. The lowest BCUT2D eigenvalue weighted by atomic mass is 10.2. The fourth-order valence-electron chi connectivity index (χ4n) is 2.76. The zero-order valence-electron chi connectivity index (χ0n) is 13.1. The molecule has 2 aliphatic rings. The highest BCUT2D eigenvalue weighted by Gasteiger charge is 2.35. The molecule has 0 unspecified atom stereocenters. The average Bonchev–Trinajstić information content (AvgIpc) is 3.29. The van der Waals surface area contributed by atoms with Gasteiger partial charge in [-0.2, -0.15) is 0 Å². The van der Waals surface area contributed by atoms with Gasteiger partial charge in [-0.15, -0.1) is 0 Å². The van der Waals surface area contributed by atoms with E-state index < -0.39 is 0 Å². The highest BCUT2D eigenvalue weighted by molar-refractivity contribution is 6.32. The van der Waals surface area contributed by atoms with Crippen LogP contribution in [-0.4, -0.2) is 59.9 Å². The Morgan fingerprint density at radius 1 is 1.52 bits per heavy atom. The number of nitrogens with zero attached hydrogens (tertiary/aromatic N) is 2. The van der Waals surface area contributed by atoms with Crippen molar-refractivity contribution in [3.8, 4) is 5.88 Å². The van der Waals surface area contributed by atoms with Crippen molar-refractivity contribution in [1.82, 2.24) is 9.88 Å². The summed E-state index contributed by atoms with van der Waals surface area (Å²) in [4.78, 5) is 18.4. The molecule has 2 atom stereocenters. The van der Waals surface area contributed by atoms with E-state index in [2.05, 4.69) is 4.98 Å². The number of aliphatic hydroxyl groups excluding tert-OH is 1. The molecular weight excluding hydrogens is 320 g/mol. The van der Waals surface area contributed by atoms with Crippen LogP contribution in [-0.2, 0) is 4.74 Å². The summed E-state index contributed by atoms with van der Waals surface area (Å²) >= 11 is 6.18. The van der Waals surface area contributed by atoms with E-state index in [9.17, 15) is 9.90 Å². The number of methoxy groups -OCH3 is 1. The van der Waals surface area contributed by atoms with Crippen LogP contribution in [0.5, 0.6) is 5.88 Å². The first-order chi connectivity index (χ1) is 11.1. The van der Waals surface area contributed by atoms with E-state index in [0.717, 1.165) is 0 Å². The SMILES string of the molecule is CO[C@H]1C[C@@H](CO)N(C(=O)c2cnc(OCC3CC3)c(Cl)c2)C1. The molecule has 0 spiro atoms. The summed E-state index contributed by atoms with van der Waals surface area (Å²) in [5.41, 5.74) is 0.393. The molecule has 1 aliphatic heterocycles. The lowest BCUT2D eigenvalue weighted by Crippen LogP contribution is -2.38. The van der Waals surface area contributed by atoms with Crippen molar-refractivity contribution in [3.63, 3.8) is 0 Å². The van der Waals surface area contributed by atoms with Crippen LogP contribution in [0.15, 0.2) is 12.3 Å². The van der Waals surface area contributed by atoms with Crippen LogP contribution in [0.4, 0.5) is 0 Å². The number of pyridine rings is 1. The maximum atomic E-state index is 12.6. The summed E-state index contributed by atoms with van der Waals surface area (Å²) in [5, 5.41) is 9.79. The van der Waals surface area contributed by atoms with Crippen LogP contribution in [0.2, 0.25) is 5.02 Å². The molecule has 0 aromatic carbocycles. The van der Waals surface area contributed by atoms with Crippen molar-refractivity contribution in [2.75, 3.05) is 26.9 Å². The molecule has 23 heavy (non-hydrogen) atoms. The van der Waals surface area contributed by atoms with Gasteiger partial charge in [-0.05, 0) is 31.2 Å². The number of amides is 1. The number of halogens is 1. The van der Waals surface area contributed by atoms with E-state index in [-0.39, 0.29) is 24.7 Å². The van der Waals surface area contributed by atoms with Crippen LogP contribution in [0.25, 0.3) is 0 Å². The second-order valence-corrected chi connectivity index (χ2v) is 6.56. The molecule has 3 rings (SSSR count). The molecule has 126 valence electrons. The first-order valence-corrected chi connectivity index (χ1v) is 8.23. The number of hydrogen-bond donors (Lipinski definition) is 1. The van der Waals surface area contributed by atoms with Gasteiger partial charge in [0.15, 0.2) is 0 Å². The van der Waals surface area contributed by atoms with Gasteiger partial charge in [0.1, 0.15) is 5.02 Å². The molecule has 1 aromatic heterocycles. The van der Waals surface area contributed by atoms with E-state index >= 15 is 0 Å². The maximum Gasteiger partial charge on any atom is 0.255 e. The predicted molar refractivity (Wildman–Crippen MR) is 84.8 cm³/mol. The van der Waals surface area contributed by atoms with Gasteiger partial charge in [-0.3, -0.25) is 4.79 Å². The molecule has 1 aliphatic carbocycles. The minimum Gasteiger partial charge on any atom is -0.476 e. The minimum absolute atomic E-state index is 0.0549. The first-order valence-electron chi connectivity index (χ1n) is 7.85. The molecule has 1 amide bonds.